The van der Waals surface area contributed by atoms with E-state index in [4.69, 9.17) is 14.2 Å². The minimum Gasteiger partial charge on any atom is -0.379 e. The normalized spacial score (nSPS) is 16.0. The number of fused-ring (bicyclic) bond motifs is 1. The van der Waals surface area contributed by atoms with Crippen LogP contribution in [-0.4, -0.2) is 147 Å². The van der Waals surface area contributed by atoms with Crippen molar-refractivity contribution in [3.05, 3.63) is 78.3 Å². The van der Waals surface area contributed by atoms with Crippen molar-refractivity contribution >= 4 is 70.3 Å². The van der Waals surface area contributed by atoms with E-state index < -0.39 is 5.82 Å². The van der Waals surface area contributed by atoms with E-state index in [1.54, 1.807) is 30.3 Å². The van der Waals surface area contributed by atoms with E-state index in [0.29, 0.717) is 107 Å². The first-order valence-electron chi connectivity index (χ1n) is 25.1. The Balaban J connectivity index is 0.755. The van der Waals surface area contributed by atoms with E-state index in [1.165, 1.54) is 6.08 Å². The average Bonchev–Trinajstić information content (AvgIpc) is 3.91. The van der Waals surface area contributed by atoms with Gasteiger partial charge in [0.25, 0.3) is 0 Å². The van der Waals surface area contributed by atoms with E-state index >= 15 is 0 Å². The number of nitrogens with zero attached hydrogens (tertiary/aromatic N) is 3. The molecule has 2 aromatic carbocycles. The van der Waals surface area contributed by atoms with Gasteiger partial charge in [0.05, 0.1) is 44.7 Å². The Morgan fingerprint density at radius 3 is 2.08 bits per heavy atom. The Labute approximate surface area is 427 Å². The van der Waals surface area contributed by atoms with Crippen molar-refractivity contribution in [3.8, 4) is 0 Å². The highest BCUT2D eigenvalue weighted by Crippen LogP contribution is 2.33. The molecule has 0 aliphatic carbocycles. The lowest BCUT2D eigenvalue weighted by atomic mass is 10.0. The second kappa shape index (κ2) is 33.0. The minimum atomic E-state index is -0.587. The summed E-state index contributed by atoms with van der Waals surface area (Å²) in [5, 5.41) is 24.0. The Hall–Kier alpha value is -5.87. The molecule has 394 valence electrons. The van der Waals surface area contributed by atoms with E-state index in [1.807, 2.05) is 50.0 Å². The molecule has 1 aromatic heterocycles. The molecule has 0 spiro atoms. The lowest BCUT2D eigenvalue weighted by molar-refractivity contribution is -0.123. The van der Waals surface area contributed by atoms with Crippen LogP contribution in [0.3, 0.4) is 0 Å². The third kappa shape index (κ3) is 23.1. The number of benzene rings is 2. The first-order valence-corrected chi connectivity index (χ1v) is 26.2. The van der Waals surface area contributed by atoms with Gasteiger partial charge in [0.15, 0.2) is 11.6 Å². The average molecular weight is 1020 g/mol. The van der Waals surface area contributed by atoms with Crippen molar-refractivity contribution in [2.45, 2.75) is 94.9 Å². The number of carbonyl (C=O) groups excluding carboxylic acids is 5. The van der Waals surface area contributed by atoms with Crippen molar-refractivity contribution in [1.29, 1.82) is 0 Å². The van der Waals surface area contributed by atoms with E-state index in [2.05, 4.69) is 57.4 Å². The van der Waals surface area contributed by atoms with Crippen LogP contribution in [0, 0.1) is 12.7 Å². The van der Waals surface area contributed by atoms with Gasteiger partial charge in [-0.3, -0.25) is 19.2 Å². The number of amides is 6. The number of halogens is 1. The number of rotatable bonds is 36. The molecule has 3 aromatic rings. The summed E-state index contributed by atoms with van der Waals surface area (Å²) in [5.74, 6) is 0.207. The number of likely N-dealkylation sites (N-methyl/N-ethyl adjacent to an activating group) is 1. The highest BCUT2D eigenvalue weighted by Gasteiger charge is 2.42. The SMILES string of the molecule is Cc1cccc(Nc2nc(Nc3cccc(NC(=O)/C=C/CN(C)CCCCNC(=O)CCCC(=O)NCCCOCCOCCOCCCNC(=O)CCCC[C@@H]4SC[C@@H]5NC(=O)NC54)c3)ncc2F)c1. The molecule has 19 nitrogen and oxygen atoms in total. The summed E-state index contributed by atoms with van der Waals surface area (Å²) in [6.45, 7) is 7.80. The Morgan fingerprint density at radius 1 is 0.764 bits per heavy atom. The van der Waals surface area contributed by atoms with Gasteiger partial charge in [-0.1, -0.05) is 30.7 Å². The molecular formula is C51H74FN11O8S. The second-order valence-corrected chi connectivity index (χ2v) is 19.0. The number of nitrogens with one attached hydrogen (secondary N) is 8. The molecule has 3 heterocycles. The Kier molecular flexibility index (Phi) is 26.1. The van der Waals surface area contributed by atoms with E-state index in [9.17, 15) is 28.4 Å². The predicted octanol–water partition coefficient (Wildman–Crippen LogP) is 5.69. The first-order chi connectivity index (χ1) is 35.0. The molecule has 2 aliphatic rings. The summed E-state index contributed by atoms with van der Waals surface area (Å²) in [4.78, 5) is 71.1. The van der Waals surface area contributed by atoms with Gasteiger partial charge in [0.2, 0.25) is 29.6 Å². The molecular weight excluding hydrogens is 946 g/mol. The number of unbranched alkanes of at least 4 members (excludes halogenated alkanes) is 2. The molecule has 2 aliphatic heterocycles. The van der Waals surface area contributed by atoms with Gasteiger partial charge in [-0.15, -0.1) is 0 Å². The quantitative estimate of drug-likeness (QED) is 0.0199. The molecule has 1 unspecified atom stereocenters. The second-order valence-electron chi connectivity index (χ2n) is 17.8. The summed E-state index contributed by atoms with van der Waals surface area (Å²) in [5.41, 5.74) is 2.91. The van der Waals surface area contributed by atoms with Crippen LogP contribution in [0.15, 0.2) is 66.9 Å². The van der Waals surface area contributed by atoms with Gasteiger partial charge in [-0.25, -0.2) is 14.2 Å². The highest BCUT2D eigenvalue weighted by atomic mass is 32.2. The van der Waals surface area contributed by atoms with Crippen LogP contribution < -0.4 is 42.5 Å². The number of hydrogen-bond donors (Lipinski definition) is 8. The van der Waals surface area contributed by atoms with Crippen LogP contribution in [-0.2, 0) is 33.4 Å². The molecule has 0 bridgehead atoms. The number of hydrogen-bond acceptors (Lipinski definition) is 14. The molecule has 0 saturated carbocycles. The first kappa shape index (κ1) is 57.0. The molecule has 2 fully saturated rings. The van der Waals surface area contributed by atoms with Gasteiger partial charge < -0.3 is 61.6 Å². The fraction of sp³-hybridized carbons (Fsp3) is 0.549. The van der Waals surface area contributed by atoms with Gasteiger partial charge >= 0.3 is 6.03 Å². The molecule has 3 atom stereocenters. The van der Waals surface area contributed by atoms with Crippen LogP contribution in [0.4, 0.5) is 38.0 Å². The Bertz CT molecular complexity index is 2190. The fourth-order valence-electron chi connectivity index (χ4n) is 7.82. The van der Waals surface area contributed by atoms with E-state index in [0.717, 1.165) is 62.6 Å². The van der Waals surface area contributed by atoms with E-state index in [-0.39, 0.29) is 66.4 Å². The monoisotopic (exact) mass is 1020 g/mol. The molecule has 5 rings (SSSR count). The number of anilines is 5. The lowest BCUT2D eigenvalue weighted by Gasteiger charge is -2.16. The maximum atomic E-state index is 14.5. The third-order valence-corrected chi connectivity index (χ3v) is 13.1. The van der Waals surface area contributed by atoms with Crippen molar-refractivity contribution < 1.29 is 42.6 Å². The molecule has 72 heavy (non-hydrogen) atoms. The van der Waals surface area contributed by atoms with Gasteiger partial charge in [0.1, 0.15) is 0 Å². The largest absolute Gasteiger partial charge is 0.379 e. The topological polar surface area (TPSA) is 238 Å². The van der Waals surface area contributed by atoms with Gasteiger partial charge in [-0.05, 0) is 101 Å². The van der Waals surface area contributed by atoms with Crippen molar-refractivity contribution in [3.63, 3.8) is 0 Å². The standard InChI is InChI=1S/C51H74FN11O8S/c1-37-13-7-14-38(33-37)58-49-41(52)35-56-50(62-49)59-40-16-8-15-39(34-40)57-47(67)21-10-26-63(2)25-6-5-22-53-45(65)19-9-20-46(66)55-24-12-28-70-30-32-71-31-29-69-27-11-23-54-44(64)18-4-3-17-43-48-42(36-72-43)60-51(68)61-48/h7-8,10,13-16,21,33-35,42-43,48H,3-6,9,11-12,17-20,22-32,36H2,1-2H3,(H,53,65)(H,54,64)(H,55,66)(H,57,67)(H2,60,61,68)(H2,56,58,59,62)/b21-10+/t42-,43-,48?/m0/s1. The lowest BCUT2D eigenvalue weighted by Crippen LogP contribution is -2.36. The summed E-state index contributed by atoms with van der Waals surface area (Å²) in [6, 6.07) is 15.0. The zero-order valence-electron chi connectivity index (χ0n) is 41.7. The smallest absolute Gasteiger partial charge is 0.315 e. The maximum absolute atomic E-state index is 14.5. The summed E-state index contributed by atoms with van der Waals surface area (Å²) >= 11 is 1.90. The van der Waals surface area contributed by atoms with Gasteiger partial charge in [0, 0.05) is 92.8 Å². The molecule has 21 heteroatoms. The van der Waals surface area contributed by atoms with Crippen LogP contribution in [0.2, 0.25) is 0 Å². The van der Waals surface area contributed by atoms with Crippen molar-refractivity contribution in [2.75, 3.05) is 101 Å². The number of urea groups is 1. The molecule has 8 N–H and O–H groups in total. The number of aryl methyl sites for hydroxylation is 1. The zero-order chi connectivity index (χ0) is 51.2. The minimum absolute atomic E-state index is 0.0371. The highest BCUT2D eigenvalue weighted by molar-refractivity contribution is 8.00. The van der Waals surface area contributed by atoms with Crippen molar-refractivity contribution in [2.24, 2.45) is 0 Å². The number of thioether (sulfide) groups is 1. The van der Waals surface area contributed by atoms with Crippen LogP contribution in [0.1, 0.15) is 76.2 Å². The summed E-state index contributed by atoms with van der Waals surface area (Å²) in [7, 11) is 1.96. The number of carbonyl (C=O) groups is 5. The fourth-order valence-corrected chi connectivity index (χ4v) is 9.37. The summed E-state index contributed by atoms with van der Waals surface area (Å²) in [6.07, 6.45) is 11.8. The third-order valence-electron chi connectivity index (χ3n) is 11.6. The zero-order valence-corrected chi connectivity index (χ0v) is 42.6. The number of ether oxygens (including phenoxy) is 3. The van der Waals surface area contributed by atoms with Crippen LogP contribution >= 0.6 is 11.8 Å². The summed E-state index contributed by atoms with van der Waals surface area (Å²) < 4.78 is 31.1. The van der Waals surface area contributed by atoms with Crippen LogP contribution in [0.5, 0.6) is 0 Å². The van der Waals surface area contributed by atoms with Crippen LogP contribution in [0.25, 0.3) is 0 Å². The van der Waals surface area contributed by atoms with Gasteiger partial charge in [-0.2, -0.15) is 16.7 Å². The molecule has 2 saturated heterocycles. The maximum Gasteiger partial charge on any atom is 0.315 e. The number of aromatic nitrogens is 2. The van der Waals surface area contributed by atoms with Crippen molar-refractivity contribution in [1.82, 2.24) is 41.5 Å². The Morgan fingerprint density at radius 2 is 1.39 bits per heavy atom. The molecule has 0 radical (unpaired) electrons. The molecule has 6 amide bonds. The predicted molar refractivity (Wildman–Crippen MR) is 279 cm³/mol.